The van der Waals surface area contributed by atoms with Crippen LogP contribution in [-0.4, -0.2) is 26.9 Å². The summed E-state index contributed by atoms with van der Waals surface area (Å²) in [4.78, 5) is 34.6. The van der Waals surface area contributed by atoms with Crippen molar-refractivity contribution in [1.29, 1.82) is 0 Å². The minimum Gasteiger partial charge on any atom is -0.456 e. The Hall–Kier alpha value is -4.27. The number of fused-ring (bicyclic) bond motifs is 1. The third-order valence-electron chi connectivity index (χ3n) is 6.83. The molecule has 9 heteroatoms. The first-order valence-corrected chi connectivity index (χ1v) is 12.9. The van der Waals surface area contributed by atoms with Crippen molar-refractivity contribution in [3.05, 3.63) is 118 Å². The normalized spacial score (nSPS) is 16.7. The molecule has 0 fully saturated rings. The van der Waals surface area contributed by atoms with Crippen molar-refractivity contribution in [2.75, 3.05) is 0 Å². The fourth-order valence-corrected chi connectivity index (χ4v) is 4.94. The Kier molecular flexibility index (Phi) is 7.58. The Balaban J connectivity index is 1.29. The molecule has 0 spiro atoms. The molecular formula is C30H27ClN4O4. The number of halogens is 1. The lowest BCUT2D eigenvalue weighted by molar-refractivity contribution is -0.127. The molecule has 3 aromatic carbocycles. The molecule has 1 aliphatic carbocycles. The number of rotatable bonds is 8. The van der Waals surface area contributed by atoms with Crippen LogP contribution in [0.25, 0.3) is 0 Å². The molecule has 198 valence electrons. The van der Waals surface area contributed by atoms with Crippen molar-refractivity contribution in [2.45, 2.75) is 38.0 Å². The van der Waals surface area contributed by atoms with Gasteiger partial charge in [-0.15, -0.1) is 0 Å². The van der Waals surface area contributed by atoms with Crippen LogP contribution in [0.1, 0.15) is 52.1 Å². The van der Waals surface area contributed by atoms with Crippen LogP contribution in [0.3, 0.4) is 0 Å². The molecule has 39 heavy (non-hydrogen) atoms. The van der Waals surface area contributed by atoms with E-state index in [0.717, 1.165) is 16.7 Å². The highest BCUT2D eigenvalue weighted by molar-refractivity contribution is 6.32. The Bertz CT molecular complexity index is 1490. The summed E-state index contributed by atoms with van der Waals surface area (Å²) >= 11 is 6.31. The van der Waals surface area contributed by atoms with Gasteiger partial charge in [0.1, 0.15) is 23.4 Å². The van der Waals surface area contributed by atoms with E-state index in [0.29, 0.717) is 34.9 Å². The third kappa shape index (κ3) is 5.62. The van der Waals surface area contributed by atoms with Crippen molar-refractivity contribution >= 4 is 23.4 Å². The summed E-state index contributed by atoms with van der Waals surface area (Å²) < 4.78 is 5.89. The molecule has 1 aliphatic rings. The van der Waals surface area contributed by atoms with Gasteiger partial charge in [-0.25, -0.2) is 9.97 Å². The van der Waals surface area contributed by atoms with Crippen molar-refractivity contribution in [2.24, 2.45) is 0 Å². The van der Waals surface area contributed by atoms with Crippen LogP contribution in [0.5, 0.6) is 11.5 Å². The summed E-state index contributed by atoms with van der Waals surface area (Å²) in [6, 6.07) is 20.1. The number of aliphatic hydroxyl groups is 1. The van der Waals surface area contributed by atoms with Crippen LogP contribution < -0.4 is 15.4 Å². The molecule has 0 aliphatic heterocycles. The average molecular weight is 543 g/mol. The monoisotopic (exact) mass is 542 g/mol. The fraction of sp³-hybridized carbons (Fsp3) is 0.200. The number of amides is 2. The lowest BCUT2D eigenvalue weighted by atomic mass is 9.90. The van der Waals surface area contributed by atoms with Gasteiger partial charge < -0.3 is 20.5 Å². The maximum absolute atomic E-state index is 13.7. The number of carbonyl (C=O) groups is 2. The maximum Gasteiger partial charge on any atom is 0.255 e. The molecule has 3 N–H and O–H groups in total. The molecule has 5 rings (SSSR count). The number of aromatic nitrogens is 2. The first-order valence-electron chi connectivity index (χ1n) is 12.5. The first-order chi connectivity index (χ1) is 18.9. The molecule has 0 radical (unpaired) electrons. The Morgan fingerprint density at radius 2 is 1.82 bits per heavy atom. The number of nitrogens with one attached hydrogen (secondary N) is 2. The quantitative estimate of drug-likeness (QED) is 0.293. The molecule has 2 atom stereocenters. The van der Waals surface area contributed by atoms with Crippen molar-refractivity contribution in [3.63, 3.8) is 0 Å². The number of aliphatic hydroxyl groups excluding tert-OH is 1. The zero-order valence-corrected chi connectivity index (χ0v) is 22.0. The Morgan fingerprint density at radius 3 is 2.54 bits per heavy atom. The molecule has 0 bridgehead atoms. The molecule has 0 saturated carbocycles. The predicted octanol–water partition coefficient (Wildman–Crippen LogP) is 4.86. The van der Waals surface area contributed by atoms with Gasteiger partial charge in [-0.3, -0.25) is 9.59 Å². The molecule has 1 heterocycles. The van der Waals surface area contributed by atoms with Gasteiger partial charge in [0.05, 0.1) is 16.7 Å². The number of nitrogens with zero attached hydrogens (tertiary/aromatic N) is 2. The van der Waals surface area contributed by atoms with E-state index in [1.807, 2.05) is 36.4 Å². The summed E-state index contributed by atoms with van der Waals surface area (Å²) in [7, 11) is 0. The van der Waals surface area contributed by atoms with Gasteiger partial charge in [0.25, 0.3) is 11.8 Å². The fourth-order valence-electron chi connectivity index (χ4n) is 4.71. The second kappa shape index (κ2) is 11.2. The number of aryl methyl sites for hydroxylation is 1. The lowest BCUT2D eigenvalue weighted by Crippen LogP contribution is -2.55. The van der Waals surface area contributed by atoms with Gasteiger partial charge in [-0.05, 0) is 66.3 Å². The van der Waals surface area contributed by atoms with Crippen molar-refractivity contribution < 1.29 is 19.4 Å². The lowest BCUT2D eigenvalue weighted by Gasteiger charge is -2.30. The zero-order chi connectivity index (χ0) is 27.4. The molecule has 8 nitrogen and oxygen atoms in total. The van der Waals surface area contributed by atoms with Crippen LogP contribution in [0.4, 0.5) is 0 Å². The summed E-state index contributed by atoms with van der Waals surface area (Å²) in [5.41, 5.74) is 2.45. The second-order valence-corrected chi connectivity index (χ2v) is 9.85. The van der Waals surface area contributed by atoms with E-state index >= 15 is 0 Å². The van der Waals surface area contributed by atoms with E-state index in [9.17, 15) is 14.7 Å². The van der Waals surface area contributed by atoms with Crippen LogP contribution in [0.2, 0.25) is 5.02 Å². The molecule has 4 aromatic rings. The Labute approximate surface area is 231 Å². The molecular weight excluding hydrogens is 516 g/mol. The molecule has 2 amide bonds. The number of hydrogen-bond donors (Lipinski definition) is 3. The second-order valence-electron chi connectivity index (χ2n) is 9.44. The molecule has 2 unspecified atom stereocenters. The highest BCUT2D eigenvalue weighted by atomic mass is 35.5. The standard InChI is InChI=1S/C30H27ClN4O4/c1-19(36)22-8-11-27(26(31)14-22)39-24-9-6-20(7-10-24)15-34-29(38)30(13-12-21-4-2-3-5-25(21)30)35-28(37)23-16-32-18-33-17-23/h2-11,14,16-19,36H,12-13,15H2,1H3,(H,34,38)(H,35,37). The van der Waals surface area contributed by atoms with Gasteiger partial charge in [-0.2, -0.15) is 0 Å². The van der Waals surface area contributed by atoms with Crippen LogP contribution in [0.15, 0.2) is 85.5 Å². The highest BCUT2D eigenvalue weighted by Crippen LogP contribution is 2.38. The van der Waals surface area contributed by atoms with Crippen LogP contribution >= 0.6 is 11.6 Å². The van der Waals surface area contributed by atoms with E-state index in [1.54, 1.807) is 37.3 Å². The van der Waals surface area contributed by atoms with Gasteiger partial charge in [0.15, 0.2) is 0 Å². The maximum atomic E-state index is 13.7. The largest absolute Gasteiger partial charge is 0.456 e. The average Bonchev–Trinajstić information content (AvgIpc) is 3.33. The Morgan fingerprint density at radius 1 is 1.08 bits per heavy atom. The topological polar surface area (TPSA) is 113 Å². The number of benzene rings is 3. The summed E-state index contributed by atoms with van der Waals surface area (Å²) in [5, 5.41) is 16.1. The zero-order valence-electron chi connectivity index (χ0n) is 21.2. The van der Waals surface area contributed by atoms with E-state index in [-0.39, 0.29) is 18.0 Å². The van der Waals surface area contributed by atoms with Gasteiger partial charge in [0, 0.05) is 18.9 Å². The minimum atomic E-state index is -1.21. The summed E-state index contributed by atoms with van der Waals surface area (Å²) in [5.74, 6) is 0.353. The van der Waals surface area contributed by atoms with Gasteiger partial charge in [0.2, 0.25) is 0 Å². The molecule has 1 aromatic heterocycles. The number of carbonyl (C=O) groups excluding carboxylic acids is 2. The minimum absolute atomic E-state index is 0.261. The van der Waals surface area contributed by atoms with Gasteiger partial charge in [-0.1, -0.05) is 54.1 Å². The smallest absolute Gasteiger partial charge is 0.255 e. The summed E-state index contributed by atoms with van der Waals surface area (Å²) in [6.07, 6.45) is 4.69. The van der Waals surface area contributed by atoms with E-state index < -0.39 is 17.6 Å². The SMILES string of the molecule is CC(O)c1ccc(Oc2ccc(CNC(=O)C3(NC(=O)c4cncnc4)CCc4ccccc43)cc2)c(Cl)c1. The van der Waals surface area contributed by atoms with Crippen LogP contribution in [-0.2, 0) is 23.3 Å². The van der Waals surface area contributed by atoms with E-state index in [1.165, 1.54) is 18.7 Å². The third-order valence-corrected chi connectivity index (χ3v) is 7.12. The predicted molar refractivity (Wildman–Crippen MR) is 146 cm³/mol. The van der Waals surface area contributed by atoms with Crippen LogP contribution in [0, 0.1) is 0 Å². The highest BCUT2D eigenvalue weighted by Gasteiger charge is 2.46. The first kappa shape index (κ1) is 26.3. The van der Waals surface area contributed by atoms with Crippen molar-refractivity contribution in [3.8, 4) is 11.5 Å². The number of hydrogen-bond acceptors (Lipinski definition) is 6. The molecule has 0 saturated heterocycles. The van der Waals surface area contributed by atoms with E-state index in [2.05, 4.69) is 20.6 Å². The van der Waals surface area contributed by atoms with Crippen molar-refractivity contribution in [1.82, 2.24) is 20.6 Å². The van der Waals surface area contributed by atoms with Gasteiger partial charge >= 0.3 is 0 Å². The van der Waals surface area contributed by atoms with E-state index in [4.69, 9.17) is 16.3 Å². The summed E-state index contributed by atoms with van der Waals surface area (Å²) in [6.45, 7) is 1.93. The number of ether oxygens (including phenoxy) is 1.